The Labute approximate surface area is 177 Å². The van der Waals surface area contributed by atoms with E-state index in [1.807, 2.05) is 0 Å². The number of rotatable bonds is 14. The molecule has 1 aliphatic rings. The zero-order valence-corrected chi connectivity index (χ0v) is 18.0. The zero-order valence-electron chi connectivity index (χ0n) is 17.1. The van der Waals surface area contributed by atoms with E-state index in [1.165, 1.54) is 6.92 Å². The minimum absolute atomic E-state index is 0.00289. The molecule has 170 valence electrons. The Hall–Kier alpha value is -0.910. The molecule has 0 aromatic heterocycles. The molecule has 0 bridgehead atoms. The average Bonchev–Trinajstić information content (AvgIpc) is 2.69. The molecule has 0 unspecified atom stereocenters. The lowest BCUT2D eigenvalue weighted by atomic mass is 9.97. The lowest BCUT2D eigenvalue weighted by Crippen LogP contribution is -2.64. The van der Waals surface area contributed by atoms with E-state index in [4.69, 9.17) is 9.47 Å². The molecular formula is C19H36N2O7S. The van der Waals surface area contributed by atoms with Crippen molar-refractivity contribution in [3.8, 4) is 0 Å². The second-order valence-electron chi connectivity index (χ2n) is 7.25. The summed E-state index contributed by atoms with van der Waals surface area (Å²) in [5, 5.41) is 34.7. The summed E-state index contributed by atoms with van der Waals surface area (Å²) >= 11 is 4.17. The minimum Gasteiger partial charge on any atom is -0.394 e. The monoisotopic (exact) mass is 436 g/mol. The first-order valence-electron chi connectivity index (χ1n) is 10.3. The zero-order chi connectivity index (χ0) is 21.6. The Morgan fingerprint density at radius 1 is 1.07 bits per heavy atom. The van der Waals surface area contributed by atoms with E-state index in [-0.39, 0.29) is 12.5 Å². The number of nitrogens with one attached hydrogen (secondary N) is 2. The van der Waals surface area contributed by atoms with E-state index in [9.17, 15) is 24.9 Å². The maximum atomic E-state index is 11.8. The first kappa shape index (κ1) is 26.1. The molecule has 0 aliphatic carbocycles. The molecule has 29 heavy (non-hydrogen) atoms. The number of carbonyl (C=O) groups is 2. The number of amides is 2. The highest BCUT2D eigenvalue weighted by molar-refractivity contribution is 7.80. The fourth-order valence-electron chi connectivity index (χ4n) is 3.13. The Balaban J connectivity index is 2.26. The normalized spacial score (nSPS) is 26.9. The summed E-state index contributed by atoms with van der Waals surface area (Å²) in [5.74, 6) is 0.502. The molecule has 1 aliphatic heterocycles. The number of hydrogen-bond donors (Lipinski definition) is 6. The highest BCUT2D eigenvalue weighted by atomic mass is 32.1. The smallest absolute Gasteiger partial charge is 0.219 e. The Bertz CT molecular complexity index is 483. The Morgan fingerprint density at radius 3 is 2.41 bits per heavy atom. The molecule has 0 radical (unpaired) electrons. The molecule has 10 heteroatoms. The van der Waals surface area contributed by atoms with Crippen LogP contribution in [0.15, 0.2) is 0 Å². The van der Waals surface area contributed by atoms with Gasteiger partial charge in [0, 0.05) is 19.9 Å². The van der Waals surface area contributed by atoms with E-state index < -0.39 is 43.2 Å². The summed E-state index contributed by atoms with van der Waals surface area (Å²) in [5.41, 5.74) is 0. The van der Waals surface area contributed by atoms with Crippen molar-refractivity contribution in [1.29, 1.82) is 0 Å². The molecule has 2 amide bonds. The van der Waals surface area contributed by atoms with Crippen LogP contribution in [0, 0.1) is 0 Å². The number of thiol groups is 1. The second-order valence-corrected chi connectivity index (χ2v) is 7.70. The van der Waals surface area contributed by atoms with Crippen molar-refractivity contribution in [1.82, 2.24) is 10.6 Å². The third-order valence-electron chi connectivity index (χ3n) is 4.74. The van der Waals surface area contributed by atoms with Crippen molar-refractivity contribution in [3.05, 3.63) is 0 Å². The van der Waals surface area contributed by atoms with E-state index >= 15 is 0 Å². The van der Waals surface area contributed by atoms with Crippen molar-refractivity contribution in [2.75, 3.05) is 25.5 Å². The molecule has 1 saturated heterocycles. The average molecular weight is 437 g/mol. The Morgan fingerprint density at radius 2 is 1.76 bits per heavy atom. The molecule has 0 aromatic carbocycles. The predicted molar refractivity (Wildman–Crippen MR) is 110 cm³/mol. The van der Waals surface area contributed by atoms with Gasteiger partial charge in [-0.1, -0.05) is 19.3 Å². The number of aliphatic hydroxyl groups excluding tert-OH is 3. The van der Waals surface area contributed by atoms with Crippen LogP contribution in [0.1, 0.15) is 51.9 Å². The van der Waals surface area contributed by atoms with Crippen molar-refractivity contribution in [2.45, 2.75) is 82.5 Å². The summed E-state index contributed by atoms with van der Waals surface area (Å²) in [7, 11) is 0. The van der Waals surface area contributed by atoms with Crippen molar-refractivity contribution in [3.63, 3.8) is 0 Å². The molecule has 9 nitrogen and oxygen atoms in total. The van der Waals surface area contributed by atoms with Crippen LogP contribution in [0.5, 0.6) is 0 Å². The van der Waals surface area contributed by atoms with Gasteiger partial charge in [0.1, 0.15) is 24.4 Å². The van der Waals surface area contributed by atoms with Crippen molar-refractivity contribution in [2.24, 2.45) is 0 Å². The maximum absolute atomic E-state index is 11.8. The molecule has 1 heterocycles. The fraction of sp³-hybridized carbons (Fsp3) is 0.895. The maximum Gasteiger partial charge on any atom is 0.219 e. The highest BCUT2D eigenvalue weighted by Crippen LogP contribution is 2.22. The van der Waals surface area contributed by atoms with Gasteiger partial charge in [-0.25, -0.2) is 0 Å². The summed E-state index contributed by atoms with van der Waals surface area (Å²) < 4.78 is 11.1. The van der Waals surface area contributed by atoms with Crippen LogP contribution < -0.4 is 10.6 Å². The largest absolute Gasteiger partial charge is 0.394 e. The summed E-state index contributed by atoms with van der Waals surface area (Å²) in [4.78, 5) is 23.2. The van der Waals surface area contributed by atoms with Gasteiger partial charge in [0.15, 0.2) is 6.29 Å². The predicted octanol–water partition coefficient (Wildman–Crippen LogP) is -0.277. The highest BCUT2D eigenvalue weighted by Gasteiger charge is 2.45. The standard InChI is InChI=1S/C19H36N2O7S/c1-13(23)21-16-18(26)17(25)14(12-22)28-19(16)27-10-7-9-20-15(24)8-5-3-2-4-6-11-29/h14,16-19,22,25-26,29H,2-12H2,1H3,(H,20,24)(H,21,23)/t14-,16+,17-,18-,19+/m1/s1. The van der Waals surface area contributed by atoms with Crippen LogP contribution in [-0.4, -0.2) is 83.3 Å². The second kappa shape index (κ2) is 15.0. The lowest BCUT2D eigenvalue weighted by molar-refractivity contribution is -0.270. The van der Waals surface area contributed by atoms with Crippen molar-refractivity contribution < 1.29 is 34.4 Å². The van der Waals surface area contributed by atoms with Crippen LogP contribution in [0.4, 0.5) is 0 Å². The number of unbranched alkanes of at least 4 members (excludes halogenated alkanes) is 4. The van der Waals surface area contributed by atoms with Gasteiger partial charge in [-0.3, -0.25) is 9.59 Å². The van der Waals surface area contributed by atoms with Gasteiger partial charge in [0.05, 0.1) is 13.2 Å². The molecule has 1 fully saturated rings. The quantitative estimate of drug-likeness (QED) is 0.163. The molecule has 1 rings (SSSR count). The molecule has 5 N–H and O–H groups in total. The topological polar surface area (TPSA) is 137 Å². The van der Waals surface area contributed by atoms with E-state index in [0.717, 1.165) is 37.9 Å². The van der Waals surface area contributed by atoms with Crippen LogP contribution in [-0.2, 0) is 19.1 Å². The van der Waals surface area contributed by atoms with Crippen LogP contribution in [0.2, 0.25) is 0 Å². The number of carbonyl (C=O) groups excluding carboxylic acids is 2. The van der Waals surface area contributed by atoms with Crippen LogP contribution in [0.25, 0.3) is 0 Å². The van der Waals surface area contributed by atoms with Gasteiger partial charge in [-0.15, -0.1) is 0 Å². The summed E-state index contributed by atoms with van der Waals surface area (Å²) in [6.45, 7) is 1.44. The number of aliphatic hydroxyl groups is 3. The van der Waals surface area contributed by atoms with Gasteiger partial charge in [-0.2, -0.15) is 12.6 Å². The first-order chi connectivity index (χ1) is 13.9. The van der Waals surface area contributed by atoms with E-state index in [0.29, 0.717) is 19.4 Å². The van der Waals surface area contributed by atoms with Gasteiger partial charge >= 0.3 is 0 Å². The molecule has 0 spiro atoms. The van der Waals surface area contributed by atoms with Gasteiger partial charge in [-0.05, 0) is 25.0 Å². The Kier molecular flexibility index (Phi) is 13.5. The molecule has 0 aromatic rings. The number of hydrogen-bond acceptors (Lipinski definition) is 8. The SMILES string of the molecule is CC(=O)N[C@@H]1[C@@H](OCCCNC(=O)CCCCCCCS)O[C@H](CO)[C@@H](O)[C@@H]1O. The minimum atomic E-state index is -1.34. The first-order valence-corrected chi connectivity index (χ1v) is 10.9. The lowest BCUT2D eigenvalue weighted by Gasteiger charge is -2.42. The van der Waals surface area contributed by atoms with E-state index in [1.54, 1.807) is 0 Å². The van der Waals surface area contributed by atoms with Crippen LogP contribution in [0.3, 0.4) is 0 Å². The molecule has 0 saturated carbocycles. The molecule has 5 atom stereocenters. The fourth-order valence-corrected chi connectivity index (χ4v) is 3.35. The van der Waals surface area contributed by atoms with Gasteiger partial charge < -0.3 is 35.4 Å². The van der Waals surface area contributed by atoms with Crippen molar-refractivity contribution >= 4 is 24.4 Å². The third-order valence-corrected chi connectivity index (χ3v) is 5.05. The van der Waals surface area contributed by atoms with Gasteiger partial charge in [0.2, 0.25) is 11.8 Å². The summed E-state index contributed by atoms with van der Waals surface area (Å²) in [6.07, 6.45) is 1.61. The molecular weight excluding hydrogens is 400 g/mol. The summed E-state index contributed by atoms with van der Waals surface area (Å²) in [6, 6.07) is -0.956. The van der Waals surface area contributed by atoms with Gasteiger partial charge in [0.25, 0.3) is 0 Å². The van der Waals surface area contributed by atoms with E-state index in [2.05, 4.69) is 23.3 Å². The van der Waals surface area contributed by atoms with Crippen LogP contribution >= 0.6 is 12.6 Å². The third kappa shape index (κ3) is 10.1. The number of ether oxygens (including phenoxy) is 2.